The predicted molar refractivity (Wildman–Crippen MR) is 317 cm³/mol. The first kappa shape index (κ1) is 66.0. The number of ether oxygens (including phenoxy) is 5. The number of Topliss-reactive ketones (excluding diaryl/α,β-unsaturated/α-hetero) is 4. The number of nitrogens with zero attached hydrogens (tertiary/aromatic N) is 3. The second-order valence-corrected chi connectivity index (χ2v) is 20.7. The van der Waals surface area contributed by atoms with Crippen LogP contribution in [-0.4, -0.2) is 68.7 Å². The fraction of sp³-hybridized carbons (Fsp3) is 0.500. The fourth-order valence-corrected chi connectivity index (χ4v) is 9.99. The number of hydrogen-bond acceptors (Lipinski definition) is 12. The minimum Gasteiger partial charge on any atom is -0.492 e. The van der Waals surface area contributed by atoms with E-state index in [1.54, 1.807) is 6.92 Å². The number of unbranched alkanes of at least 4 members (excludes halogenated alkanes) is 8. The Labute approximate surface area is 482 Å². The van der Waals surface area contributed by atoms with Gasteiger partial charge in [0.25, 0.3) is 0 Å². The molecule has 0 unspecified atom stereocenters. The molecule has 8 bridgehead atoms. The van der Waals surface area contributed by atoms with Gasteiger partial charge in [0.15, 0.2) is 29.7 Å². The molecule has 0 N–H and O–H groups in total. The molecule has 5 rings (SSSR count). The van der Waals surface area contributed by atoms with Crippen molar-refractivity contribution in [3.63, 3.8) is 0 Å². The Hall–Kier alpha value is -7.56. The van der Waals surface area contributed by atoms with Crippen LogP contribution in [0, 0.1) is 29.2 Å². The van der Waals surface area contributed by atoms with Crippen LogP contribution in [0.3, 0.4) is 0 Å². The first-order chi connectivity index (χ1) is 38.8. The van der Waals surface area contributed by atoms with Crippen LogP contribution in [-0.2, 0) is 35.2 Å². The summed E-state index contributed by atoms with van der Waals surface area (Å²) in [5.41, 5.74) is 6.64. The molecule has 0 heterocycles. The largest absolute Gasteiger partial charge is 0.492 e. The molecule has 432 valence electrons. The number of carbonyl (C=O) groups is 5. The molecule has 13 heteroatoms. The first-order valence-electron chi connectivity index (χ1n) is 29.0. The molecule has 0 saturated heterocycles. The van der Waals surface area contributed by atoms with Gasteiger partial charge in [0.2, 0.25) is 6.54 Å². The lowest BCUT2D eigenvalue weighted by Crippen LogP contribution is -2.16. The minimum absolute atomic E-state index is 0. The van der Waals surface area contributed by atoms with Crippen LogP contribution in [0.1, 0.15) is 244 Å². The lowest BCUT2D eigenvalue weighted by atomic mass is 9.86. The molecule has 13 nitrogen and oxygen atoms in total. The van der Waals surface area contributed by atoms with Crippen molar-refractivity contribution in [3.8, 4) is 35.1 Å². The van der Waals surface area contributed by atoms with E-state index in [2.05, 4.69) is 51.3 Å². The van der Waals surface area contributed by atoms with Crippen LogP contribution >= 0.6 is 0 Å². The average molecular weight is 1100 g/mol. The van der Waals surface area contributed by atoms with E-state index < -0.39 is 5.97 Å². The Morgan fingerprint density at radius 3 is 0.988 bits per heavy atom. The maximum absolute atomic E-state index is 14.5. The SMILES string of the molecule is C.[C-]#[N+]CCOc1c2cc(C(=O)CCCCC)cc1Cc1cc(C(=O)CCCCC)cc(c1OCCOC(=O)C(=C)C)Cc1cc(C(=O)CCCCC)cc(c1OCCC#N)Cc1cc(C(=O)CCCCC)cc(c1OCCC#N)C2. The third kappa shape index (κ3) is 19.9. The highest BCUT2D eigenvalue weighted by Crippen LogP contribution is 2.42. The van der Waals surface area contributed by atoms with Crippen molar-refractivity contribution in [2.45, 2.75) is 183 Å². The predicted octanol–water partition coefficient (Wildman–Crippen LogP) is 15.4. The van der Waals surface area contributed by atoms with Crippen LogP contribution < -0.4 is 18.9 Å². The van der Waals surface area contributed by atoms with Crippen molar-refractivity contribution in [3.05, 3.63) is 139 Å². The number of carbonyl (C=O) groups excluding carboxylic acids is 5. The van der Waals surface area contributed by atoms with Crippen LogP contribution in [0.25, 0.3) is 4.85 Å². The van der Waals surface area contributed by atoms with Crippen molar-refractivity contribution >= 4 is 29.1 Å². The number of esters is 1. The smallest absolute Gasteiger partial charge is 0.333 e. The van der Waals surface area contributed by atoms with E-state index in [-0.39, 0.29) is 121 Å². The molecule has 0 fully saturated rings. The zero-order valence-electron chi connectivity index (χ0n) is 48.0. The maximum Gasteiger partial charge on any atom is 0.333 e. The Kier molecular flexibility index (Phi) is 28.7. The zero-order valence-corrected chi connectivity index (χ0v) is 48.0. The maximum atomic E-state index is 14.5. The Morgan fingerprint density at radius 1 is 0.469 bits per heavy atom. The van der Waals surface area contributed by atoms with Gasteiger partial charge < -0.3 is 28.5 Å². The van der Waals surface area contributed by atoms with Gasteiger partial charge in [-0.15, -0.1) is 0 Å². The molecule has 0 spiro atoms. The third-order valence-electron chi connectivity index (χ3n) is 14.1. The topological polar surface area (TPSA) is 183 Å². The molecular formula is C68H85N3O10. The number of rotatable bonds is 34. The van der Waals surface area contributed by atoms with Crippen LogP contribution in [0.15, 0.2) is 60.7 Å². The summed E-state index contributed by atoms with van der Waals surface area (Å²) in [5.74, 6) is 0.752. The lowest BCUT2D eigenvalue weighted by molar-refractivity contribution is -0.139. The van der Waals surface area contributed by atoms with E-state index in [1.165, 1.54) is 0 Å². The molecule has 0 saturated carbocycles. The molecule has 0 amide bonds. The number of fused-ring (bicyclic) bond motifs is 8. The Morgan fingerprint density at radius 2 is 0.741 bits per heavy atom. The molecule has 1 aliphatic carbocycles. The summed E-state index contributed by atoms with van der Waals surface area (Å²) in [7, 11) is 0. The van der Waals surface area contributed by atoms with Crippen molar-refractivity contribution in [2.24, 2.45) is 0 Å². The van der Waals surface area contributed by atoms with Gasteiger partial charge in [-0.25, -0.2) is 11.4 Å². The summed E-state index contributed by atoms with van der Waals surface area (Å²) in [4.78, 5) is 74.2. The quantitative estimate of drug-likeness (QED) is 0.0125. The Balaban J connectivity index is 0.0000141. The Bertz CT molecular complexity index is 2810. The van der Waals surface area contributed by atoms with Gasteiger partial charge in [-0.05, 0) is 126 Å². The van der Waals surface area contributed by atoms with Crippen molar-refractivity contribution in [1.29, 1.82) is 10.5 Å². The first-order valence-corrected chi connectivity index (χ1v) is 29.0. The van der Waals surface area contributed by atoms with Gasteiger partial charge >= 0.3 is 5.97 Å². The van der Waals surface area contributed by atoms with Gasteiger partial charge in [0.1, 0.15) is 49.4 Å². The second-order valence-electron chi connectivity index (χ2n) is 20.7. The van der Waals surface area contributed by atoms with Crippen LogP contribution in [0.5, 0.6) is 23.0 Å². The monoisotopic (exact) mass is 1100 g/mol. The highest BCUT2D eigenvalue weighted by Gasteiger charge is 2.28. The summed E-state index contributed by atoms with van der Waals surface area (Å²) < 4.78 is 32.3. The molecule has 4 aromatic rings. The molecule has 1 aliphatic rings. The lowest BCUT2D eigenvalue weighted by Gasteiger charge is -2.24. The number of ketones is 4. The van der Waals surface area contributed by atoms with Gasteiger partial charge in [-0.3, -0.25) is 19.2 Å². The summed E-state index contributed by atoms with van der Waals surface area (Å²) in [6.45, 7) is 21.2. The van der Waals surface area contributed by atoms with Crippen molar-refractivity contribution < 1.29 is 47.7 Å². The van der Waals surface area contributed by atoms with Gasteiger partial charge in [0, 0.05) is 79.2 Å². The molecular weight excluding hydrogens is 1020 g/mol. The van der Waals surface area contributed by atoms with E-state index >= 15 is 0 Å². The van der Waals surface area contributed by atoms with E-state index in [0.29, 0.717) is 135 Å². The normalized spacial score (nSPS) is 11.4. The molecule has 4 aromatic carbocycles. The minimum atomic E-state index is -0.582. The highest BCUT2D eigenvalue weighted by atomic mass is 16.6. The summed E-state index contributed by atoms with van der Waals surface area (Å²) in [5, 5.41) is 19.7. The molecule has 0 aliphatic heterocycles. The van der Waals surface area contributed by atoms with Crippen LogP contribution in [0.2, 0.25) is 0 Å². The number of benzene rings is 4. The standard InChI is InChI=1S/C67H81N3O10.CH4/c1-8-12-16-22-59(71)47-34-51-42-52-35-48(60(72)23-17-13-9-2)37-54(64(52)77-30-21-27-69)44-57-40-50(62(74)25-19-15-11-4)41-58(66(57)79-32-33-80-67(75)46(5)6)45-56-39-49(61(73)24-18-14-10-3)38-55(65(56)78-31-28-70-7)43-53(36-47)63(51)76-29-20-26-68;/h34-41H,5,8-25,28-33,42-45H2,1-4,6H3;1H4. The number of nitriles is 2. The van der Waals surface area contributed by atoms with Crippen molar-refractivity contribution in [1.82, 2.24) is 0 Å². The van der Waals surface area contributed by atoms with Crippen LogP contribution in [0.4, 0.5) is 0 Å². The number of hydrogen-bond donors (Lipinski definition) is 0. The summed E-state index contributed by atoms with van der Waals surface area (Å²) in [6.07, 6.45) is 11.4. The average Bonchev–Trinajstić information content (AvgIpc) is 3.58. The van der Waals surface area contributed by atoms with Gasteiger partial charge in [-0.2, -0.15) is 10.5 Å². The van der Waals surface area contributed by atoms with E-state index in [1.807, 2.05) is 48.5 Å². The summed E-state index contributed by atoms with van der Waals surface area (Å²) in [6, 6.07) is 19.0. The molecule has 0 aromatic heterocycles. The molecule has 0 atom stereocenters. The fourth-order valence-electron chi connectivity index (χ4n) is 9.99. The second kappa shape index (κ2) is 35.2. The van der Waals surface area contributed by atoms with Crippen molar-refractivity contribution in [2.75, 3.05) is 39.6 Å². The van der Waals surface area contributed by atoms with E-state index in [0.717, 1.165) is 51.4 Å². The van der Waals surface area contributed by atoms with E-state index in [9.17, 15) is 34.5 Å². The third-order valence-corrected chi connectivity index (χ3v) is 14.1. The zero-order chi connectivity index (χ0) is 57.8. The van der Waals surface area contributed by atoms with E-state index in [4.69, 9.17) is 30.3 Å². The summed E-state index contributed by atoms with van der Waals surface area (Å²) >= 11 is 0. The van der Waals surface area contributed by atoms with Gasteiger partial charge in [0.05, 0.1) is 25.0 Å². The molecule has 81 heavy (non-hydrogen) atoms. The highest BCUT2D eigenvalue weighted by molar-refractivity contribution is 5.99. The van der Waals surface area contributed by atoms with Gasteiger partial charge in [-0.1, -0.05) is 93.1 Å². The molecule has 0 radical (unpaired) electrons.